The van der Waals surface area contributed by atoms with E-state index >= 15 is 0 Å². The highest BCUT2D eigenvalue weighted by Gasteiger charge is 2.35. The number of fused-ring (bicyclic) bond motifs is 3. The SMILES string of the molecule is CC(C)NC(=O)NC1(Cn2c(CO)nc3c(N)nc4ccccc4c32)CCCCC1. The highest BCUT2D eigenvalue weighted by atomic mass is 16.3. The number of aliphatic hydroxyl groups is 1. The van der Waals surface area contributed by atoms with E-state index in [1.54, 1.807) is 0 Å². The van der Waals surface area contributed by atoms with E-state index in [-0.39, 0.29) is 18.7 Å². The van der Waals surface area contributed by atoms with Crippen LogP contribution in [0.25, 0.3) is 21.9 Å². The molecular weight excluding hydrogens is 380 g/mol. The molecule has 4 rings (SSSR count). The number of carbonyl (C=O) groups excluding carboxylic acids is 1. The zero-order valence-electron chi connectivity index (χ0n) is 17.6. The Morgan fingerprint density at radius 3 is 2.67 bits per heavy atom. The second-order valence-electron chi connectivity index (χ2n) is 8.58. The number of benzene rings is 1. The fourth-order valence-electron chi connectivity index (χ4n) is 4.59. The third-order valence-electron chi connectivity index (χ3n) is 5.90. The van der Waals surface area contributed by atoms with Gasteiger partial charge in [0.25, 0.3) is 0 Å². The van der Waals surface area contributed by atoms with Gasteiger partial charge in [-0.1, -0.05) is 37.5 Å². The van der Waals surface area contributed by atoms with Crippen LogP contribution in [0.3, 0.4) is 0 Å². The fraction of sp³-hybridized carbons (Fsp3) is 0.500. The van der Waals surface area contributed by atoms with Gasteiger partial charge in [0.05, 0.1) is 16.6 Å². The first-order valence-corrected chi connectivity index (χ1v) is 10.7. The molecule has 0 aliphatic heterocycles. The number of nitrogens with one attached hydrogen (secondary N) is 2. The summed E-state index contributed by atoms with van der Waals surface area (Å²) < 4.78 is 2.02. The van der Waals surface area contributed by atoms with E-state index in [2.05, 4.69) is 20.6 Å². The zero-order valence-corrected chi connectivity index (χ0v) is 17.6. The second kappa shape index (κ2) is 8.10. The van der Waals surface area contributed by atoms with Gasteiger partial charge in [0, 0.05) is 18.0 Å². The minimum absolute atomic E-state index is 0.0579. The van der Waals surface area contributed by atoms with Gasteiger partial charge in [-0.25, -0.2) is 14.8 Å². The molecule has 2 aromatic heterocycles. The molecule has 1 aliphatic carbocycles. The van der Waals surface area contributed by atoms with Crippen molar-refractivity contribution in [3.8, 4) is 0 Å². The molecule has 0 radical (unpaired) electrons. The molecule has 0 spiro atoms. The van der Waals surface area contributed by atoms with E-state index < -0.39 is 5.54 Å². The number of nitrogen functional groups attached to an aromatic ring is 1. The van der Waals surface area contributed by atoms with E-state index in [1.807, 2.05) is 42.7 Å². The Kier molecular flexibility index (Phi) is 5.51. The van der Waals surface area contributed by atoms with E-state index in [0.29, 0.717) is 23.7 Å². The Balaban J connectivity index is 1.83. The van der Waals surface area contributed by atoms with Gasteiger partial charge in [-0.2, -0.15) is 0 Å². The number of rotatable bonds is 5. The number of carbonyl (C=O) groups is 1. The molecule has 1 aliphatic rings. The first kappa shape index (κ1) is 20.4. The number of pyridine rings is 1. The average Bonchev–Trinajstić information content (AvgIpc) is 3.07. The molecule has 0 atom stereocenters. The molecule has 3 aromatic rings. The lowest BCUT2D eigenvalue weighted by Crippen LogP contribution is -2.56. The first-order valence-electron chi connectivity index (χ1n) is 10.7. The van der Waals surface area contributed by atoms with Crippen LogP contribution in [0.4, 0.5) is 10.6 Å². The summed E-state index contributed by atoms with van der Waals surface area (Å²) in [5, 5.41) is 17.2. The van der Waals surface area contributed by atoms with E-state index in [9.17, 15) is 9.90 Å². The van der Waals surface area contributed by atoms with Crippen LogP contribution in [0.15, 0.2) is 24.3 Å². The number of urea groups is 1. The normalized spacial score (nSPS) is 16.3. The summed E-state index contributed by atoms with van der Waals surface area (Å²) in [5.41, 5.74) is 8.04. The average molecular weight is 411 g/mol. The van der Waals surface area contributed by atoms with Crippen molar-refractivity contribution >= 4 is 33.8 Å². The van der Waals surface area contributed by atoms with Crippen LogP contribution in [0.5, 0.6) is 0 Å². The van der Waals surface area contributed by atoms with Crippen molar-refractivity contribution in [1.82, 2.24) is 25.2 Å². The summed E-state index contributed by atoms with van der Waals surface area (Å²) in [6.45, 7) is 4.21. The Hall–Kier alpha value is -2.87. The lowest BCUT2D eigenvalue weighted by molar-refractivity contribution is 0.183. The van der Waals surface area contributed by atoms with Gasteiger partial charge in [0.2, 0.25) is 0 Å². The van der Waals surface area contributed by atoms with Crippen LogP contribution >= 0.6 is 0 Å². The summed E-state index contributed by atoms with van der Waals surface area (Å²) in [5.74, 6) is 0.881. The summed E-state index contributed by atoms with van der Waals surface area (Å²) in [7, 11) is 0. The molecule has 2 amide bonds. The van der Waals surface area contributed by atoms with Gasteiger partial charge in [0.1, 0.15) is 17.9 Å². The largest absolute Gasteiger partial charge is 0.388 e. The molecule has 1 saturated carbocycles. The van der Waals surface area contributed by atoms with Crippen molar-refractivity contribution in [2.75, 3.05) is 5.73 Å². The molecule has 8 nitrogen and oxygen atoms in total. The predicted molar refractivity (Wildman–Crippen MR) is 118 cm³/mol. The number of imidazole rings is 1. The minimum Gasteiger partial charge on any atom is -0.388 e. The number of nitrogens with zero attached hydrogens (tertiary/aromatic N) is 3. The summed E-state index contributed by atoms with van der Waals surface area (Å²) in [6, 6.07) is 7.70. The van der Waals surface area contributed by atoms with Crippen LogP contribution < -0.4 is 16.4 Å². The maximum atomic E-state index is 12.6. The highest BCUT2D eigenvalue weighted by molar-refractivity contribution is 6.06. The van der Waals surface area contributed by atoms with Gasteiger partial charge < -0.3 is 26.0 Å². The van der Waals surface area contributed by atoms with Crippen LogP contribution in [0.2, 0.25) is 0 Å². The van der Waals surface area contributed by atoms with Crippen LogP contribution in [0.1, 0.15) is 51.8 Å². The number of hydrogen-bond acceptors (Lipinski definition) is 5. The summed E-state index contributed by atoms with van der Waals surface area (Å²) in [4.78, 5) is 21.7. The molecule has 30 heavy (non-hydrogen) atoms. The molecule has 0 saturated heterocycles. The van der Waals surface area contributed by atoms with Crippen LogP contribution in [0, 0.1) is 0 Å². The van der Waals surface area contributed by atoms with Gasteiger partial charge in [0.15, 0.2) is 5.82 Å². The molecule has 1 aromatic carbocycles. The third kappa shape index (κ3) is 3.79. The molecular formula is C22H30N6O2. The van der Waals surface area contributed by atoms with Crippen molar-refractivity contribution in [3.05, 3.63) is 30.1 Å². The van der Waals surface area contributed by atoms with Crippen molar-refractivity contribution in [2.45, 2.75) is 70.7 Å². The third-order valence-corrected chi connectivity index (χ3v) is 5.90. The number of nitrogens with two attached hydrogens (primary N) is 1. The van der Waals surface area contributed by atoms with Gasteiger partial charge >= 0.3 is 6.03 Å². The van der Waals surface area contributed by atoms with Crippen molar-refractivity contribution < 1.29 is 9.90 Å². The number of hydrogen-bond donors (Lipinski definition) is 4. The molecule has 2 heterocycles. The predicted octanol–water partition coefficient (Wildman–Crippen LogP) is 3.07. The number of anilines is 1. The van der Waals surface area contributed by atoms with Crippen LogP contribution in [-0.2, 0) is 13.2 Å². The number of aromatic nitrogens is 3. The maximum absolute atomic E-state index is 12.6. The molecule has 1 fully saturated rings. The lowest BCUT2D eigenvalue weighted by atomic mass is 9.81. The first-order chi connectivity index (χ1) is 14.4. The van der Waals surface area contributed by atoms with E-state index in [1.165, 1.54) is 0 Å². The second-order valence-corrected chi connectivity index (χ2v) is 8.58. The Labute approximate surface area is 175 Å². The summed E-state index contributed by atoms with van der Waals surface area (Å²) in [6.07, 6.45) is 5.01. The van der Waals surface area contributed by atoms with Crippen LogP contribution in [-0.4, -0.2) is 37.3 Å². The standard InChI is InChI=1S/C22H30N6O2/c1-14(2)24-21(30)27-22(10-6-3-7-11-22)13-28-17(12-29)26-18-19(28)15-8-4-5-9-16(15)25-20(18)23/h4-5,8-9,14,29H,3,6-7,10-13H2,1-2H3,(H2,23,25)(H2,24,27,30). The quantitative estimate of drug-likeness (QED) is 0.515. The molecule has 0 bridgehead atoms. The molecule has 160 valence electrons. The number of para-hydroxylation sites is 1. The fourth-order valence-corrected chi connectivity index (χ4v) is 4.59. The monoisotopic (exact) mass is 410 g/mol. The molecule has 5 N–H and O–H groups in total. The van der Waals surface area contributed by atoms with Gasteiger partial charge in [-0.05, 0) is 32.8 Å². The van der Waals surface area contributed by atoms with Gasteiger partial charge in [-0.3, -0.25) is 0 Å². The van der Waals surface area contributed by atoms with Gasteiger partial charge in [-0.15, -0.1) is 0 Å². The van der Waals surface area contributed by atoms with E-state index in [4.69, 9.17) is 5.73 Å². The van der Waals surface area contributed by atoms with E-state index in [0.717, 1.165) is 48.5 Å². The van der Waals surface area contributed by atoms with Crippen molar-refractivity contribution in [2.24, 2.45) is 0 Å². The Bertz CT molecular complexity index is 1070. The molecule has 8 heteroatoms. The Morgan fingerprint density at radius 1 is 1.23 bits per heavy atom. The topological polar surface area (TPSA) is 118 Å². The lowest BCUT2D eigenvalue weighted by Gasteiger charge is -2.39. The minimum atomic E-state index is -0.409. The Morgan fingerprint density at radius 2 is 1.97 bits per heavy atom. The number of aliphatic hydroxyl groups excluding tert-OH is 1. The van der Waals surface area contributed by atoms with Crippen molar-refractivity contribution in [1.29, 1.82) is 0 Å². The smallest absolute Gasteiger partial charge is 0.315 e. The maximum Gasteiger partial charge on any atom is 0.315 e. The zero-order chi connectivity index (χ0) is 21.3. The van der Waals surface area contributed by atoms with Crippen molar-refractivity contribution in [3.63, 3.8) is 0 Å². The summed E-state index contributed by atoms with van der Waals surface area (Å²) >= 11 is 0. The highest BCUT2D eigenvalue weighted by Crippen LogP contribution is 2.34. The number of amides is 2. The molecule has 0 unspecified atom stereocenters.